The summed E-state index contributed by atoms with van der Waals surface area (Å²) in [5.74, 6) is -0.366. The largest absolute Gasteiger partial charge is 0.464 e. The minimum Gasteiger partial charge on any atom is -0.464 e. The molecule has 1 aliphatic heterocycles. The van der Waals surface area contributed by atoms with Crippen molar-refractivity contribution >= 4 is 17.7 Å². The normalized spacial score (nSPS) is 15.8. The van der Waals surface area contributed by atoms with Gasteiger partial charge in [0.1, 0.15) is 0 Å². The molecule has 31 heavy (non-hydrogen) atoms. The Bertz CT molecular complexity index is 833. The smallest absolute Gasteiger partial charge is 0.415 e. The van der Waals surface area contributed by atoms with Gasteiger partial charge in [-0.25, -0.2) is 9.59 Å². The van der Waals surface area contributed by atoms with Crippen molar-refractivity contribution < 1.29 is 19.1 Å². The molecule has 2 aromatic rings. The van der Waals surface area contributed by atoms with E-state index in [1.165, 1.54) is 10.5 Å². The van der Waals surface area contributed by atoms with Crippen LogP contribution in [0.5, 0.6) is 0 Å². The molecular formula is C25H32N2O4. The first kappa shape index (κ1) is 22.8. The molecule has 166 valence electrons. The quantitative estimate of drug-likeness (QED) is 0.592. The summed E-state index contributed by atoms with van der Waals surface area (Å²) in [5, 5.41) is 0. The van der Waals surface area contributed by atoms with E-state index < -0.39 is 11.6 Å². The fourth-order valence-electron chi connectivity index (χ4n) is 4.16. The fourth-order valence-corrected chi connectivity index (χ4v) is 4.16. The summed E-state index contributed by atoms with van der Waals surface area (Å²) in [7, 11) is 0. The van der Waals surface area contributed by atoms with Crippen LogP contribution in [0.2, 0.25) is 0 Å². The molecule has 0 radical (unpaired) electrons. The summed E-state index contributed by atoms with van der Waals surface area (Å²) in [6, 6.07) is 19.6. The van der Waals surface area contributed by atoms with Crippen LogP contribution in [0.3, 0.4) is 0 Å². The highest BCUT2D eigenvalue weighted by molar-refractivity contribution is 5.99. The van der Waals surface area contributed by atoms with Gasteiger partial charge in [0.25, 0.3) is 0 Å². The van der Waals surface area contributed by atoms with Gasteiger partial charge in [0.15, 0.2) is 5.54 Å². The van der Waals surface area contributed by atoms with E-state index in [2.05, 4.69) is 17.0 Å². The van der Waals surface area contributed by atoms with Crippen LogP contribution in [-0.4, -0.2) is 55.3 Å². The molecule has 1 amide bonds. The zero-order valence-corrected chi connectivity index (χ0v) is 18.5. The minimum absolute atomic E-state index is 0.240. The predicted molar refractivity (Wildman–Crippen MR) is 121 cm³/mol. The Labute approximate surface area is 184 Å². The number of likely N-dealkylation sites (tertiary alicyclic amines) is 1. The van der Waals surface area contributed by atoms with E-state index in [4.69, 9.17) is 9.47 Å². The Hall–Kier alpha value is -2.86. The number of carbonyl (C=O) groups excluding carboxylic acids is 2. The number of rotatable bonds is 8. The van der Waals surface area contributed by atoms with Gasteiger partial charge in [-0.1, -0.05) is 48.5 Å². The van der Waals surface area contributed by atoms with E-state index in [9.17, 15) is 9.59 Å². The average Bonchev–Trinajstić information content (AvgIpc) is 2.80. The van der Waals surface area contributed by atoms with Gasteiger partial charge >= 0.3 is 12.1 Å². The van der Waals surface area contributed by atoms with Gasteiger partial charge in [-0.3, -0.25) is 4.90 Å². The molecule has 0 atom stereocenters. The van der Waals surface area contributed by atoms with Gasteiger partial charge in [-0.05, 0) is 50.8 Å². The number of amides is 1. The Kier molecular flexibility index (Phi) is 8.06. The zero-order valence-electron chi connectivity index (χ0n) is 18.5. The number of ether oxygens (including phenoxy) is 2. The molecule has 0 saturated carbocycles. The number of nitrogens with zero attached hydrogens (tertiary/aromatic N) is 2. The van der Waals surface area contributed by atoms with Crippen molar-refractivity contribution in [3.63, 3.8) is 0 Å². The highest BCUT2D eigenvalue weighted by Gasteiger charge is 2.51. The van der Waals surface area contributed by atoms with Gasteiger partial charge in [0, 0.05) is 25.3 Å². The first-order valence-corrected chi connectivity index (χ1v) is 11.1. The standard InChI is InChI=1S/C25H32N2O4/c1-3-30-23(28)25(27(24(29)31-4-2)22-13-9-6-10-14-22)16-19-26(20-17-25)18-15-21-11-7-5-8-12-21/h5-14H,3-4,15-20H2,1-2H3. The number of esters is 1. The van der Waals surface area contributed by atoms with Crippen LogP contribution in [0.4, 0.5) is 10.5 Å². The average molecular weight is 425 g/mol. The van der Waals surface area contributed by atoms with Crippen LogP contribution in [0.25, 0.3) is 0 Å². The number of anilines is 1. The van der Waals surface area contributed by atoms with Crippen LogP contribution < -0.4 is 4.90 Å². The van der Waals surface area contributed by atoms with E-state index >= 15 is 0 Å². The summed E-state index contributed by atoms with van der Waals surface area (Å²) in [4.78, 5) is 30.1. The number of para-hydroxylation sites is 1. The predicted octanol–water partition coefficient (Wildman–Crippen LogP) is 4.29. The van der Waals surface area contributed by atoms with Gasteiger partial charge in [0.05, 0.1) is 13.2 Å². The maximum atomic E-state index is 13.2. The Morgan fingerprint density at radius 1 is 0.903 bits per heavy atom. The number of benzene rings is 2. The molecule has 0 aliphatic carbocycles. The maximum Gasteiger partial charge on any atom is 0.415 e. The lowest BCUT2D eigenvalue weighted by Crippen LogP contribution is -2.63. The van der Waals surface area contributed by atoms with Gasteiger partial charge in [-0.15, -0.1) is 0 Å². The van der Waals surface area contributed by atoms with Crippen LogP contribution in [0, 0.1) is 0 Å². The molecule has 6 heteroatoms. The lowest BCUT2D eigenvalue weighted by Gasteiger charge is -2.46. The third-order valence-electron chi connectivity index (χ3n) is 5.79. The Balaban J connectivity index is 1.82. The summed E-state index contributed by atoms with van der Waals surface area (Å²) in [6.07, 6.45) is 1.43. The zero-order chi connectivity index (χ0) is 22.1. The summed E-state index contributed by atoms with van der Waals surface area (Å²) in [6.45, 7) is 6.38. The van der Waals surface area contributed by atoms with Crippen molar-refractivity contribution in [1.29, 1.82) is 0 Å². The summed E-state index contributed by atoms with van der Waals surface area (Å²) < 4.78 is 10.8. The third-order valence-corrected chi connectivity index (χ3v) is 5.79. The molecule has 1 heterocycles. The van der Waals surface area contributed by atoms with E-state index in [1.807, 2.05) is 48.5 Å². The topological polar surface area (TPSA) is 59.1 Å². The Morgan fingerprint density at radius 2 is 1.48 bits per heavy atom. The third kappa shape index (κ3) is 5.44. The number of piperidine rings is 1. The maximum absolute atomic E-state index is 13.2. The van der Waals surface area contributed by atoms with E-state index in [0.717, 1.165) is 13.0 Å². The van der Waals surface area contributed by atoms with Crippen LogP contribution in [0.1, 0.15) is 32.3 Å². The lowest BCUT2D eigenvalue weighted by atomic mass is 9.85. The molecular weight excluding hydrogens is 392 g/mol. The number of hydrogen-bond donors (Lipinski definition) is 0. The molecule has 1 aliphatic rings. The minimum atomic E-state index is -1.08. The number of hydrogen-bond acceptors (Lipinski definition) is 5. The fraction of sp³-hybridized carbons (Fsp3) is 0.440. The molecule has 0 spiro atoms. The van der Waals surface area contributed by atoms with Crippen LogP contribution in [-0.2, 0) is 20.7 Å². The van der Waals surface area contributed by atoms with Gasteiger partial charge < -0.3 is 14.4 Å². The molecule has 3 rings (SSSR count). The molecule has 1 saturated heterocycles. The van der Waals surface area contributed by atoms with Crippen molar-refractivity contribution in [3.05, 3.63) is 66.2 Å². The van der Waals surface area contributed by atoms with Crippen molar-refractivity contribution in [2.75, 3.05) is 37.7 Å². The summed E-state index contributed by atoms with van der Waals surface area (Å²) in [5.41, 5.74) is 0.862. The van der Waals surface area contributed by atoms with E-state index in [0.29, 0.717) is 31.6 Å². The second-order valence-corrected chi connectivity index (χ2v) is 7.70. The van der Waals surface area contributed by atoms with E-state index in [1.54, 1.807) is 13.8 Å². The molecule has 0 N–H and O–H groups in total. The van der Waals surface area contributed by atoms with Crippen LogP contribution in [0.15, 0.2) is 60.7 Å². The SMILES string of the molecule is CCOC(=O)N(c1ccccc1)C1(C(=O)OCC)CCN(CCc2ccccc2)CC1. The molecule has 0 bridgehead atoms. The number of carbonyl (C=O) groups is 2. The molecule has 0 aromatic heterocycles. The molecule has 0 unspecified atom stereocenters. The van der Waals surface area contributed by atoms with E-state index in [-0.39, 0.29) is 19.2 Å². The van der Waals surface area contributed by atoms with Crippen molar-refractivity contribution in [2.24, 2.45) is 0 Å². The van der Waals surface area contributed by atoms with Crippen molar-refractivity contribution in [2.45, 2.75) is 38.6 Å². The monoisotopic (exact) mass is 424 g/mol. The summed E-state index contributed by atoms with van der Waals surface area (Å²) >= 11 is 0. The molecule has 1 fully saturated rings. The molecule has 2 aromatic carbocycles. The van der Waals surface area contributed by atoms with Crippen LogP contribution >= 0.6 is 0 Å². The second-order valence-electron chi connectivity index (χ2n) is 7.70. The highest BCUT2D eigenvalue weighted by atomic mass is 16.6. The van der Waals surface area contributed by atoms with Crippen molar-refractivity contribution in [1.82, 2.24) is 4.90 Å². The first-order chi connectivity index (χ1) is 15.1. The highest BCUT2D eigenvalue weighted by Crippen LogP contribution is 2.35. The lowest BCUT2D eigenvalue weighted by molar-refractivity contribution is -0.151. The Morgan fingerprint density at radius 3 is 2.06 bits per heavy atom. The first-order valence-electron chi connectivity index (χ1n) is 11.1. The molecule has 6 nitrogen and oxygen atoms in total. The van der Waals surface area contributed by atoms with Gasteiger partial charge in [-0.2, -0.15) is 0 Å². The van der Waals surface area contributed by atoms with Gasteiger partial charge in [0.2, 0.25) is 0 Å². The second kappa shape index (κ2) is 11.0. The van der Waals surface area contributed by atoms with Crippen molar-refractivity contribution in [3.8, 4) is 0 Å².